The lowest BCUT2D eigenvalue weighted by Crippen LogP contribution is -2.01. The molecule has 0 bridgehead atoms. The molecule has 1 aromatic carbocycles. The summed E-state index contributed by atoms with van der Waals surface area (Å²) in [5.41, 5.74) is 7.90. The molecule has 2 nitrogen and oxygen atoms in total. The SMILES string of the molecule is NCCSCc1cc(Cl)cc2c1OCC2. The van der Waals surface area contributed by atoms with E-state index in [0.29, 0.717) is 6.54 Å². The Morgan fingerprint density at radius 3 is 3.13 bits per heavy atom. The van der Waals surface area contributed by atoms with Crippen LogP contribution in [-0.2, 0) is 12.2 Å². The van der Waals surface area contributed by atoms with Gasteiger partial charge in [-0.1, -0.05) is 11.6 Å². The summed E-state index contributed by atoms with van der Waals surface area (Å²) in [4.78, 5) is 0. The van der Waals surface area contributed by atoms with Crippen molar-refractivity contribution in [3.63, 3.8) is 0 Å². The van der Waals surface area contributed by atoms with E-state index in [1.54, 1.807) is 0 Å². The van der Waals surface area contributed by atoms with Crippen LogP contribution in [0.5, 0.6) is 5.75 Å². The first-order valence-electron chi connectivity index (χ1n) is 5.03. The van der Waals surface area contributed by atoms with Crippen LogP contribution in [0.25, 0.3) is 0 Å². The van der Waals surface area contributed by atoms with Gasteiger partial charge < -0.3 is 10.5 Å². The molecule has 0 saturated carbocycles. The molecule has 0 atom stereocenters. The number of benzene rings is 1. The van der Waals surface area contributed by atoms with Crippen molar-refractivity contribution < 1.29 is 4.74 Å². The summed E-state index contributed by atoms with van der Waals surface area (Å²) in [6.45, 7) is 1.50. The van der Waals surface area contributed by atoms with Gasteiger partial charge in [0.25, 0.3) is 0 Å². The largest absolute Gasteiger partial charge is 0.493 e. The summed E-state index contributed by atoms with van der Waals surface area (Å²) in [5.74, 6) is 2.95. The fourth-order valence-corrected chi connectivity index (χ4v) is 2.73. The quantitative estimate of drug-likeness (QED) is 0.826. The van der Waals surface area contributed by atoms with E-state index in [9.17, 15) is 0 Å². The molecule has 2 rings (SSSR count). The standard InChI is InChI=1S/C11H14ClNOS/c12-10-5-8-1-3-14-11(8)9(6-10)7-15-4-2-13/h5-6H,1-4,7,13H2. The van der Waals surface area contributed by atoms with E-state index >= 15 is 0 Å². The molecule has 2 N–H and O–H groups in total. The number of fused-ring (bicyclic) bond motifs is 1. The molecule has 0 spiro atoms. The minimum absolute atomic E-state index is 0.717. The van der Waals surface area contributed by atoms with Gasteiger partial charge in [0.15, 0.2) is 0 Å². The van der Waals surface area contributed by atoms with E-state index in [1.165, 1.54) is 11.1 Å². The zero-order valence-electron chi connectivity index (χ0n) is 8.46. The van der Waals surface area contributed by atoms with E-state index in [1.807, 2.05) is 23.9 Å². The molecular formula is C11H14ClNOS. The lowest BCUT2D eigenvalue weighted by atomic mass is 10.1. The Balaban J connectivity index is 2.15. The van der Waals surface area contributed by atoms with Crippen LogP contribution in [-0.4, -0.2) is 18.9 Å². The molecule has 1 aliphatic heterocycles. The van der Waals surface area contributed by atoms with Crippen molar-refractivity contribution in [2.45, 2.75) is 12.2 Å². The zero-order chi connectivity index (χ0) is 10.7. The highest BCUT2D eigenvalue weighted by molar-refractivity contribution is 7.98. The average molecular weight is 244 g/mol. The normalized spacial score (nSPS) is 13.7. The molecule has 0 aliphatic carbocycles. The Labute approximate surface area is 99.1 Å². The van der Waals surface area contributed by atoms with Gasteiger partial charge in [-0.25, -0.2) is 0 Å². The van der Waals surface area contributed by atoms with Gasteiger partial charge in [-0.05, 0) is 17.7 Å². The van der Waals surface area contributed by atoms with Crippen LogP contribution in [0.1, 0.15) is 11.1 Å². The van der Waals surface area contributed by atoms with E-state index in [4.69, 9.17) is 22.1 Å². The van der Waals surface area contributed by atoms with Gasteiger partial charge in [0.05, 0.1) is 6.61 Å². The smallest absolute Gasteiger partial charge is 0.126 e. The Kier molecular flexibility index (Phi) is 3.78. The Bertz CT molecular complexity index is 357. The first-order chi connectivity index (χ1) is 7.31. The van der Waals surface area contributed by atoms with Crippen LogP contribution in [0.4, 0.5) is 0 Å². The van der Waals surface area contributed by atoms with E-state index in [0.717, 1.165) is 35.3 Å². The third-order valence-electron chi connectivity index (χ3n) is 2.35. The van der Waals surface area contributed by atoms with Crippen LogP contribution < -0.4 is 10.5 Å². The summed E-state index contributed by atoms with van der Waals surface area (Å²) < 4.78 is 5.61. The molecule has 1 aromatic rings. The molecule has 82 valence electrons. The van der Waals surface area contributed by atoms with Gasteiger partial charge in [0.1, 0.15) is 5.75 Å². The van der Waals surface area contributed by atoms with Crippen LogP contribution in [0.3, 0.4) is 0 Å². The first-order valence-corrected chi connectivity index (χ1v) is 6.56. The first kappa shape index (κ1) is 11.1. The van der Waals surface area contributed by atoms with Crippen molar-refractivity contribution in [1.29, 1.82) is 0 Å². The average Bonchev–Trinajstić information content (AvgIpc) is 2.65. The highest BCUT2D eigenvalue weighted by Gasteiger charge is 2.17. The van der Waals surface area contributed by atoms with Gasteiger partial charge in [-0.2, -0.15) is 11.8 Å². The number of thioether (sulfide) groups is 1. The van der Waals surface area contributed by atoms with Crippen molar-refractivity contribution in [2.24, 2.45) is 5.73 Å². The number of hydrogen-bond donors (Lipinski definition) is 1. The fraction of sp³-hybridized carbons (Fsp3) is 0.455. The van der Waals surface area contributed by atoms with Gasteiger partial charge in [0, 0.05) is 35.1 Å². The lowest BCUT2D eigenvalue weighted by molar-refractivity contribution is 0.354. The zero-order valence-corrected chi connectivity index (χ0v) is 10.0. The Morgan fingerprint density at radius 1 is 1.47 bits per heavy atom. The lowest BCUT2D eigenvalue weighted by Gasteiger charge is -2.08. The molecule has 0 unspecified atom stereocenters. The fourth-order valence-electron chi connectivity index (χ4n) is 1.72. The molecule has 0 radical (unpaired) electrons. The van der Waals surface area contributed by atoms with Gasteiger partial charge in [0.2, 0.25) is 0 Å². The van der Waals surface area contributed by atoms with Crippen molar-refractivity contribution >= 4 is 23.4 Å². The second-order valence-electron chi connectivity index (χ2n) is 3.49. The number of nitrogens with two attached hydrogens (primary N) is 1. The van der Waals surface area contributed by atoms with Crippen molar-refractivity contribution in [2.75, 3.05) is 18.9 Å². The predicted octanol–water partition coefficient (Wildman–Crippen LogP) is 2.47. The maximum absolute atomic E-state index is 6.05. The van der Waals surface area contributed by atoms with Crippen molar-refractivity contribution in [3.8, 4) is 5.75 Å². The Hall–Kier alpha value is -0.380. The molecule has 1 aliphatic rings. The summed E-state index contributed by atoms with van der Waals surface area (Å²) >= 11 is 7.87. The molecule has 0 saturated heterocycles. The minimum Gasteiger partial charge on any atom is -0.493 e. The predicted molar refractivity (Wildman–Crippen MR) is 65.9 cm³/mol. The molecule has 0 fully saturated rings. The molecule has 0 aromatic heterocycles. The summed E-state index contributed by atoms with van der Waals surface area (Å²) in [6.07, 6.45) is 0.977. The molecular weight excluding hydrogens is 230 g/mol. The van der Waals surface area contributed by atoms with Crippen LogP contribution in [0, 0.1) is 0 Å². The Morgan fingerprint density at radius 2 is 2.33 bits per heavy atom. The second kappa shape index (κ2) is 5.10. The maximum Gasteiger partial charge on any atom is 0.126 e. The topological polar surface area (TPSA) is 35.2 Å². The van der Waals surface area contributed by atoms with Crippen molar-refractivity contribution in [3.05, 3.63) is 28.3 Å². The number of halogens is 1. The maximum atomic E-state index is 6.05. The van der Waals surface area contributed by atoms with Crippen LogP contribution in [0.2, 0.25) is 5.02 Å². The molecule has 4 heteroatoms. The van der Waals surface area contributed by atoms with E-state index in [2.05, 4.69) is 0 Å². The highest BCUT2D eigenvalue weighted by atomic mass is 35.5. The molecule has 0 amide bonds. The summed E-state index contributed by atoms with van der Waals surface area (Å²) in [6, 6.07) is 4.00. The second-order valence-corrected chi connectivity index (χ2v) is 5.03. The van der Waals surface area contributed by atoms with Gasteiger partial charge >= 0.3 is 0 Å². The number of hydrogen-bond acceptors (Lipinski definition) is 3. The molecule has 15 heavy (non-hydrogen) atoms. The summed E-state index contributed by atoms with van der Waals surface area (Å²) in [7, 11) is 0. The third kappa shape index (κ3) is 2.60. The van der Waals surface area contributed by atoms with Crippen LogP contribution in [0.15, 0.2) is 12.1 Å². The number of ether oxygens (including phenoxy) is 1. The van der Waals surface area contributed by atoms with Gasteiger partial charge in [-0.3, -0.25) is 0 Å². The number of rotatable bonds is 4. The monoisotopic (exact) mass is 243 g/mol. The van der Waals surface area contributed by atoms with E-state index < -0.39 is 0 Å². The van der Waals surface area contributed by atoms with Gasteiger partial charge in [-0.15, -0.1) is 0 Å². The van der Waals surface area contributed by atoms with Crippen LogP contribution >= 0.6 is 23.4 Å². The highest BCUT2D eigenvalue weighted by Crippen LogP contribution is 2.34. The van der Waals surface area contributed by atoms with Crippen molar-refractivity contribution in [1.82, 2.24) is 0 Å². The van der Waals surface area contributed by atoms with E-state index in [-0.39, 0.29) is 0 Å². The molecule has 1 heterocycles. The summed E-state index contributed by atoms with van der Waals surface area (Å²) in [5, 5.41) is 0.808. The third-order valence-corrected chi connectivity index (χ3v) is 3.60. The minimum atomic E-state index is 0.717.